The Morgan fingerprint density at radius 3 is 2.62 bits per heavy atom. The van der Waals surface area contributed by atoms with Gasteiger partial charge in [-0.05, 0) is 49.4 Å². The van der Waals surface area contributed by atoms with Crippen LogP contribution in [0.5, 0.6) is 11.6 Å². The summed E-state index contributed by atoms with van der Waals surface area (Å²) in [5, 5.41) is 6.97. The summed E-state index contributed by atoms with van der Waals surface area (Å²) in [5.74, 6) is -0.190. The van der Waals surface area contributed by atoms with E-state index in [0.717, 1.165) is 48.8 Å². The Labute approximate surface area is 196 Å². The van der Waals surface area contributed by atoms with Crippen LogP contribution in [0.4, 0.5) is 27.3 Å². The third-order valence-corrected chi connectivity index (χ3v) is 6.08. The summed E-state index contributed by atoms with van der Waals surface area (Å²) in [6.07, 6.45) is 1.30. The van der Waals surface area contributed by atoms with E-state index in [-0.39, 0.29) is 17.3 Å². The number of halogens is 1. The Kier molecular flexibility index (Phi) is 5.74. The van der Waals surface area contributed by atoms with Gasteiger partial charge < -0.3 is 24.8 Å². The number of ether oxygens (including phenoxy) is 1. The number of hydrogen-bond donors (Lipinski definition) is 2. The molecule has 2 N–H and O–H groups in total. The second kappa shape index (κ2) is 9.00. The molecule has 34 heavy (non-hydrogen) atoms. The summed E-state index contributed by atoms with van der Waals surface area (Å²) >= 11 is 0. The van der Waals surface area contributed by atoms with E-state index >= 15 is 4.39 Å². The van der Waals surface area contributed by atoms with Crippen LogP contribution in [0, 0.1) is 19.3 Å². The number of aryl methyl sites for hydroxylation is 2. The molecule has 172 valence electrons. The molecule has 1 aliphatic heterocycles. The summed E-state index contributed by atoms with van der Waals surface area (Å²) in [4.78, 5) is 14.2. The molecule has 8 nitrogen and oxygen atoms in total. The fourth-order valence-corrected chi connectivity index (χ4v) is 4.12. The Morgan fingerprint density at radius 1 is 1.12 bits per heavy atom. The van der Waals surface area contributed by atoms with Gasteiger partial charge in [-0.25, -0.2) is 19.2 Å². The summed E-state index contributed by atoms with van der Waals surface area (Å²) in [5.41, 5.74) is 3.70. The van der Waals surface area contributed by atoms with E-state index < -0.39 is 5.82 Å². The van der Waals surface area contributed by atoms with Gasteiger partial charge in [0, 0.05) is 55.7 Å². The molecule has 0 saturated carbocycles. The number of benzene rings is 2. The molecule has 0 bridgehead atoms. The molecule has 0 radical (unpaired) electrons. The maximum atomic E-state index is 15.1. The first-order chi connectivity index (χ1) is 16.5. The molecule has 2 aromatic heterocycles. The van der Waals surface area contributed by atoms with Gasteiger partial charge in [0.15, 0.2) is 11.6 Å². The molecule has 4 aromatic rings. The highest BCUT2D eigenvalue weighted by atomic mass is 19.1. The van der Waals surface area contributed by atoms with Crippen molar-refractivity contribution in [1.29, 1.82) is 0 Å². The van der Waals surface area contributed by atoms with Gasteiger partial charge in [0.1, 0.15) is 12.1 Å². The van der Waals surface area contributed by atoms with E-state index in [1.54, 1.807) is 18.2 Å². The van der Waals surface area contributed by atoms with Crippen molar-refractivity contribution in [2.24, 2.45) is 7.05 Å². The Morgan fingerprint density at radius 2 is 1.88 bits per heavy atom. The Balaban J connectivity index is 1.40. The molecule has 1 aliphatic rings. The minimum absolute atomic E-state index is 0.00385. The van der Waals surface area contributed by atoms with Gasteiger partial charge in [0.25, 0.3) is 5.69 Å². The number of hydrogen-bond acceptors (Lipinski definition) is 6. The molecule has 9 heteroatoms. The third kappa shape index (κ3) is 4.00. The minimum Gasteiger partial charge on any atom is -0.446 e. The van der Waals surface area contributed by atoms with Crippen molar-refractivity contribution in [3.05, 3.63) is 71.7 Å². The predicted molar refractivity (Wildman–Crippen MR) is 131 cm³/mol. The summed E-state index contributed by atoms with van der Waals surface area (Å²) in [6.45, 7) is 13.4. The van der Waals surface area contributed by atoms with Crippen LogP contribution in [0.2, 0.25) is 0 Å². The molecule has 2 aromatic carbocycles. The third-order valence-electron chi connectivity index (χ3n) is 6.08. The van der Waals surface area contributed by atoms with Crippen LogP contribution in [-0.2, 0) is 7.05 Å². The lowest BCUT2D eigenvalue weighted by atomic mass is 10.2. The van der Waals surface area contributed by atoms with Gasteiger partial charge in [0.2, 0.25) is 5.88 Å². The molecule has 1 fully saturated rings. The first kappa shape index (κ1) is 21.7. The number of piperazine rings is 1. The molecule has 3 heterocycles. The van der Waals surface area contributed by atoms with Crippen molar-refractivity contribution in [2.75, 3.05) is 36.4 Å². The van der Waals surface area contributed by atoms with Crippen molar-refractivity contribution in [3.8, 4) is 11.6 Å². The molecule has 5 rings (SSSR count). The molecule has 1 saturated heterocycles. The number of rotatable bonds is 5. The largest absolute Gasteiger partial charge is 0.446 e. The number of anilines is 3. The average molecular weight is 458 g/mol. The average Bonchev–Trinajstić information content (AvgIpc) is 3.16. The molecule has 0 spiro atoms. The lowest BCUT2D eigenvalue weighted by molar-refractivity contribution is 0.432. The van der Waals surface area contributed by atoms with Crippen LogP contribution in [0.3, 0.4) is 0 Å². The van der Waals surface area contributed by atoms with Gasteiger partial charge in [-0.2, -0.15) is 0 Å². The topological polar surface area (TPSA) is 71.6 Å². The molecular weight excluding hydrogens is 433 g/mol. The Hall–Kier alpha value is -4.16. The van der Waals surface area contributed by atoms with Crippen molar-refractivity contribution in [2.45, 2.75) is 6.92 Å². The number of nitrogens with one attached hydrogen (secondary N) is 2. The molecular formula is C25H24FN7O. The standard InChI is InChI=1S/C25H24FN7O/c1-16-14-19-20(32(16)3)8-9-21(22(19)26)34-25-23(27-2)24(29-15-30-25)31-17-4-6-18(7-5-17)33-12-10-28-11-13-33/h4-9,14-15,28H,10-13H2,1,3H3,(H,29,30,31). The second-order valence-corrected chi connectivity index (χ2v) is 8.15. The highest BCUT2D eigenvalue weighted by molar-refractivity contribution is 5.84. The summed E-state index contributed by atoms with van der Waals surface area (Å²) in [7, 11) is 1.88. The zero-order valence-corrected chi connectivity index (χ0v) is 19.0. The maximum Gasteiger partial charge on any atom is 0.288 e. The van der Waals surface area contributed by atoms with E-state index in [9.17, 15) is 0 Å². The van der Waals surface area contributed by atoms with E-state index in [0.29, 0.717) is 11.2 Å². The summed E-state index contributed by atoms with van der Waals surface area (Å²) < 4.78 is 22.8. The lowest BCUT2D eigenvalue weighted by Crippen LogP contribution is -2.43. The van der Waals surface area contributed by atoms with Crippen LogP contribution in [0.15, 0.2) is 48.8 Å². The van der Waals surface area contributed by atoms with Crippen molar-refractivity contribution < 1.29 is 9.13 Å². The monoisotopic (exact) mass is 457 g/mol. The highest BCUT2D eigenvalue weighted by Gasteiger charge is 2.18. The highest BCUT2D eigenvalue weighted by Crippen LogP contribution is 2.38. The fourth-order valence-electron chi connectivity index (χ4n) is 4.12. The summed E-state index contributed by atoms with van der Waals surface area (Å²) in [6, 6.07) is 13.1. The van der Waals surface area contributed by atoms with Gasteiger partial charge in [-0.15, -0.1) is 0 Å². The van der Waals surface area contributed by atoms with Gasteiger partial charge in [-0.1, -0.05) is 0 Å². The second-order valence-electron chi connectivity index (χ2n) is 8.15. The number of aromatic nitrogens is 3. The normalized spacial score (nSPS) is 13.6. The zero-order valence-electron chi connectivity index (χ0n) is 19.0. The smallest absolute Gasteiger partial charge is 0.288 e. The fraction of sp³-hybridized carbons (Fsp3) is 0.240. The first-order valence-electron chi connectivity index (χ1n) is 11.0. The number of fused-ring (bicyclic) bond motifs is 1. The van der Waals surface area contributed by atoms with Crippen LogP contribution in [-0.4, -0.2) is 40.7 Å². The van der Waals surface area contributed by atoms with Gasteiger partial charge in [-0.3, -0.25) is 0 Å². The van der Waals surface area contributed by atoms with Crippen LogP contribution in [0.1, 0.15) is 5.69 Å². The first-order valence-corrected chi connectivity index (χ1v) is 11.0. The SMILES string of the molecule is [C-]#[N+]c1c(Nc2ccc(N3CCNCC3)cc2)ncnc1Oc1ccc2c(cc(C)n2C)c1F. The molecule has 0 atom stereocenters. The van der Waals surface area contributed by atoms with Crippen LogP contribution < -0.4 is 20.3 Å². The number of nitrogens with zero attached hydrogens (tertiary/aromatic N) is 5. The Bertz CT molecular complexity index is 1390. The van der Waals surface area contributed by atoms with E-state index in [4.69, 9.17) is 11.3 Å². The maximum absolute atomic E-state index is 15.1. The van der Waals surface area contributed by atoms with Gasteiger partial charge in [0.05, 0.1) is 12.1 Å². The van der Waals surface area contributed by atoms with E-state index in [2.05, 4.69) is 30.3 Å². The van der Waals surface area contributed by atoms with Crippen LogP contribution >= 0.6 is 0 Å². The van der Waals surface area contributed by atoms with E-state index in [1.807, 2.05) is 42.8 Å². The van der Waals surface area contributed by atoms with E-state index in [1.165, 1.54) is 6.33 Å². The zero-order chi connectivity index (χ0) is 23.7. The quantitative estimate of drug-likeness (QED) is 0.415. The van der Waals surface area contributed by atoms with Crippen molar-refractivity contribution >= 4 is 33.8 Å². The van der Waals surface area contributed by atoms with Crippen molar-refractivity contribution in [1.82, 2.24) is 19.9 Å². The van der Waals surface area contributed by atoms with Crippen LogP contribution in [0.25, 0.3) is 15.7 Å². The molecule has 0 amide bonds. The molecule has 0 unspecified atom stereocenters. The molecule has 0 aliphatic carbocycles. The lowest BCUT2D eigenvalue weighted by Gasteiger charge is -2.29. The minimum atomic E-state index is -0.492. The van der Waals surface area contributed by atoms with Gasteiger partial charge >= 0.3 is 0 Å². The van der Waals surface area contributed by atoms with Crippen molar-refractivity contribution in [3.63, 3.8) is 0 Å². The predicted octanol–water partition coefficient (Wildman–Crippen LogP) is 4.91.